The number of amides is 2. The maximum Gasteiger partial charge on any atom is 0.323 e. The van der Waals surface area contributed by atoms with Gasteiger partial charge in [0.05, 0.1) is 21.3 Å². The molecule has 1 heterocycles. The van der Waals surface area contributed by atoms with Gasteiger partial charge in [-0.15, -0.1) is 11.8 Å². The fraction of sp³-hybridized carbons (Fsp3) is 0.188. The van der Waals surface area contributed by atoms with Gasteiger partial charge in [0.15, 0.2) is 5.75 Å². The molecule has 0 saturated carbocycles. The van der Waals surface area contributed by atoms with Crippen LogP contribution in [0, 0.1) is 5.82 Å². The zero-order chi connectivity index (χ0) is 16.4. The van der Waals surface area contributed by atoms with Crippen LogP contribution in [0.3, 0.4) is 0 Å². The molecule has 0 radical (unpaired) electrons. The summed E-state index contributed by atoms with van der Waals surface area (Å²) >= 11 is 7.37. The van der Waals surface area contributed by atoms with E-state index in [0.717, 1.165) is 29.1 Å². The number of rotatable bonds is 2. The molecule has 0 atom stereocenters. The molecule has 2 aromatic rings. The van der Waals surface area contributed by atoms with Crippen molar-refractivity contribution in [3.8, 4) is 5.75 Å². The number of carbonyl (C=O) groups excluding carboxylic acids is 1. The van der Waals surface area contributed by atoms with E-state index in [4.69, 9.17) is 11.6 Å². The van der Waals surface area contributed by atoms with Gasteiger partial charge in [-0.1, -0.05) is 23.7 Å². The van der Waals surface area contributed by atoms with Gasteiger partial charge in [0.1, 0.15) is 5.82 Å². The van der Waals surface area contributed by atoms with Crippen LogP contribution in [0.4, 0.5) is 20.6 Å². The lowest BCUT2D eigenvalue weighted by molar-refractivity contribution is 0.262. The summed E-state index contributed by atoms with van der Waals surface area (Å²) in [5.41, 5.74) is 1.55. The van der Waals surface area contributed by atoms with Crippen molar-refractivity contribution in [3.05, 3.63) is 46.7 Å². The van der Waals surface area contributed by atoms with Crippen molar-refractivity contribution in [2.24, 2.45) is 0 Å². The summed E-state index contributed by atoms with van der Waals surface area (Å²) in [5, 5.41) is 15.2. The molecule has 4 nitrogen and oxygen atoms in total. The number of benzene rings is 2. The number of nitrogens with one attached hydrogen (secondary N) is 2. The van der Waals surface area contributed by atoms with Gasteiger partial charge in [-0.3, -0.25) is 0 Å². The number of thioether (sulfide) groups is 1. The lowest BCUT2D eigenvalue weighted by Crippen LogP contribution is -2.20. The predicted octanol–water partition coefficient (Wildman–Crippen LogP) is 4.87. The van der Waals surface area contributed by atoms with Crippen molar-refractivity contribution < 1.29 is 14.3 Å². The Morgan fingerprint density at radius 2 is 2.00 bits per heavy atom. The second-order valence-corrected chi connectivity index (χ2v) is 6.57. The van der Waals surface area contributed by atoms with E-state index in [1.54, 1.807) is 17.8 Å². The Kier molecular flexibility index (Phi) is 4.63. The topological polar surface area (TPSA) is 61.4 Å². The van der Waals surface area contributed by atoms with Crippen molar-refractivity contribution >= 4 is 40.8 Å². The van der Waals surface area contributed by atoms with Crippen LogP contribution in [0.15, 0.2) is 35.2 Å². The molecule has 0 aromatic heterocycles. The molecular weight excluding hydrogens is 339 g/mol. The van der Waals surface area contributed by atoms with Crippen molar-refractivity contribution in [2.45, 2.75) is 17.7 Å². The minimum atomic E-state index is -0.613. The molecule has 3 rings (SSSR count). The normalized spacial score (nSPS) is 13.3. The lowest BCUT2D eigenvalue weighted by atomic mass is 10.1. The van der Waals surface area contributed by atoms with Gasteiger partial charge in [0, 0.05) is 0 Å². The van der Waals surface area contributed by atoms with Gasteiger partial charge < -0.3 is 15.7 Å². The average molecular weight is 353 g/mol. The van der Waals surface area contributed by atoms with Crippen LogP contribution in [-0.4, -0.2) is 16.9 Å². The molecule has 120 valence electrons. The van der Waals surface area contributed by atoms with E-state index in [0.29, 0.717) is 5.69 Å². The molecule has 3 N–H and O–H groups in total. The van der Waals surface area contributed by atoms with E-state index in [1.165, 1.54) is 18.2 Å². The standard InChI is InChI=1S/C16H14ClFN2O2S/c17-13-10(18)4-1-5-11(13)19-16(22)20-12-7-6-9-3-2-8-23-15(9)14(12)21/h1,4-7,21H,2-3,8H2,(H2,19,20,22). The summed E-state index contributed by atoms with van der Waals surface area (Å²) in [7, 11) is 0. The molecule has 1 aliphatic heterocycles. The van der Waals surface area contributed by atoms with Crippen LogP contribution < -0.4 is 10.6 Å². The third-order valence-electron chi connectivity index (χ3n) is 3.50. The Balaban J connectivity index is 1.77. The number of halogens is 2. The summed E-state index contributed by atoms with van der Waals surface area (Å²) in [6.07, 6.45) is 1.99. The number of phenolic OH excluding ortho intramolecular Hbond substituents is 1. The van der Waals surface area contributed by atoms with Crippen molar-refractivity contribution in [1.29, 1.82) is 0 Å². The van der Waals surface area contributed by atoms with Crippen LogP contribution in [0.2, 0.25) is 5.02 Å². The molecule has 0 unspecified atom stereocenters. The van der Waals surface area contributed by atoms with Crippen molar-refractivity contribution in [2.75, 3.05) is 16.4 Å². The molecule has 2 amide bonds. The molecule has 0 fully saturated rings. The Morgan fingerprint density at radius 3 is 2.83 bits per heavy atom. The Morgan fingerprint density at radius 1 is 1.22 bits per heavy atom. The number of aryl methyl sites for hydroxylation is 1. The highest BCUT2D eigenvalue weighted by molar-refractivity contribution is 7.99. The number of aromatic hydroxyl groups is 1. The van der Waals surface area contributed by atoms with Gasteiger partial charge >= 0.3 is 6.03 Å². The minimum Gasteiger partial charge on any atom is -0.505 e. The number of fused-ring (bicyclic) bond motifs is 1. The summed E-state index contributed by atoms with van der Waals surface area (Å²) < 4.78 is 13.4. The lowest BCUT2D eigenvalue weighted by Gasteiger charge is -2.18. The van der Waals surface area contributed by atoms with E-state index in [9.17, 15) is 14.3 Å². The van der Waals surface area contributed by atoms with Gasteiger partial charge in [-0.05, 0) is 42.4 Å². The summed E-state index contributed by atoms with van der Waals surface area (Å²) in [5.74, 6) is 0.389. The largest absolute Gasteiger partial charge is 0.505 e. The average Bonchev–Trinajstić information content (AvgIpc) is 2.55. The monoisotopic (exact) mass is 352 g/mol. The van der Waals surface area contributed by atoms with E-state index in [1.807, 2.05) is 6.07 Å². The number of hydrogen-bond acceptors (Lipinski definition) is 3. The highest BCUT2D eigenvalue weighted by Gasteiger charge is 2.18. The first-order valence-corrected chi connectivity index (χ1v) is 8.42. The summed E-state index contributed by atoms with van der Waals surface area (Å²) in [6, 6.07) is 7.10. The minimum absolute atomic E-state index is 0.0627. The fourth-order valence-electron chi connectivity index (χ4n) is 2.38. The molecule has 0 saturated heterocycles. The van der Waals surface area contributed by atoms with Crippen LogP contribution in [-0.2, 0) is 6.42 Å². The second-order valence-electron chi connectivity index (χ2n) is 5.08. The summed E-state index contributed by atoms with van der Waals surface area (Å²) in [6.45, 7) is 0. The predicted molar refractivity (Wildman–Crippen MR) is 91.2 cm³/mol. The van der Waals surface area contributed by atoms with Crippen LogP contribution in [0.1, 0.15) is 12.0 Å². The first-order chi connectivity index (χ1) is 11.1. The maximum atomic E-state index is 13.4. The number of phenols is 1. The molecule has 23 heavy (non-hydrogen) atoms. The van der Waals surface area contributed by atoms with E-state index in [-0.39, 0.29) is 16.5 Å². The Labute approximate surface area is 142 Å². The quantitative estimate of drug-likeness (QED) is 0.676. The van der Waals surface area contributed by atoms with Crippen molar-refractivity contribution in [1.82, 2.24) is 0 Å². The highest BCUT2D eigenvalue weighted by atomic mass is 35.5. The zero-order valence-electron chi connectivity index (χ0n) is 12.0. The van der Waals surface area contributed by atoms with Crippen LogP contribution in [0.25, 0.3) is 0 Å². The molecule has 0 spiro atoms. The van der Waals surface area contributed by atoms with Gasteiger partial charge in [-0.25, -0.2) is 9.18 Å². The Hall–Kier alpha value is -1.92. The Bertz CT molecular complexity index is 770. The van der Waals surface area contributed by atoms with Crippen LogP contribution in [0.5, 0.6) is 5.75 Å². The number of carbonyl (C=O) groups is 1. The number of hydrogen-bond donors (Lipinski definition) is 3. The van der Waals surface area contributed by atoms with E-state index < -0.39 is 11.8 Å². The third kappa shape index (κ3) is 3.38. The smallest absolute Gasteiger partial charge is 0.323 e. The first-order valence-electron chi connectivity index (χ1n) is 7.06. The molecule has 0 bridgehead atoms. The van der Waals surface area contributed by atoms with Crippen molar-refractivity contribution in [3.63, 3.8) is 0 Å². The SMILES string of the molecule is O=C(Nc1ccc2c(c1O)SCCC2)Nc1cccc(F)c1Cl. The van der Waals surface area contributed by atoms with Gasteiger partial charge in [0.2, 0.25) is 0 Å². The fourth-order valence-corrected chi connectivity index (χ4v) is 3.65. The van der Waals surface area contributed by atoms with E-state index in [2.05, 4.69) is 10.6 Å². The van der Waals surface area contributed by atoms with Crippen LogP contribution >= 0.6 is 23.4 Å². The van der Waals surface area contributed by atoms with E-state index >= 15 is 0 Å². The first kappa shape index (κ1) is 16.0. The zero-order valence-corrected chi connectivity index (χ0v) is 13.6. The number of anilines is 2. The molecular formula is C16H14ClFN2O2S. The highest BCUT2D eigenvalue weighted by Crippen LogP contribution is 2.41. The maximum absolute atomic E-state index is 13.4. The summed E-state index contributed by atoms with van der Waals surface area (Å²) in [4.78, 5) is 12.8. The molecule has 0 aliphatic carbocycles. The van der Waals surface area contributed by atoms with Gasteiger partial charge in [-0.2, -0.15) is 0 Å². The second kappa shape index (κ2) is 6.68. The molecule has 2 aromatic carbocycles. The third-order valence-corrected chi connectivity index (χ3v) is 5.12. The molecule has 1 aliphatic rings. The molecule has 7 heteroatoms. The van der Waals surface area contributed by atoms with Gasteiger partial charge in [0.25, 0.3) is 0 Å². The number of urea groups is 1.